The molecule has 5 heteroatoms. The van der Waals surface area contributed by atoms with Crippen LogP contribution in [0, 0.1) is 5.92 Å². The van der Waals surface area contributed by atoms with Crippen molar-refractivity contribution in [2.75, 3.05) is 12.3 Å². The first-order chi connectivity index (χ1) is 9.55. The molecule has 1 aliphatic heterocycles. The van der Waals surface area contributed by atoms with Crippen LogP contribution in [0.4, 0.5) is 0 Å². The van der Waals surface area contributed by atoms with Crippen LogP contribution in [-0.2, 0) is 13.0 Å². The Bertz CT molecular complexity index is 410. The van der Waals surface area contributed by atoms with Gasteiger partial charge in [-0.1, -0.05) is 20.8 Å². The molecule has 1 aromatic heterocycles. The molecule has 2 heterocycles. The molecule has 0 spiro atoms. The largest absolute Gasteiger partial charge is 0.312 e. The highest BCUT2D eigenvalue weighted by molar-refractivity contribution is 8.00. The Morgan fingerprint density at radius 3 is 2.90 bits per heavy atom. The zero-order chi connectivity index (χ0) is 14.6. The highest BCUT2D eigenvalue weighted by Gasteiger charge is 2.38. The first-order valence-corrected chi connectivity index (χ1v) is 8.77. The number of rotatable bonds is 7. The molecule has 1 N–H and O–H groups in total. The van der Waals surface area contributed by atoms with Gasteiger partial charge in [0.05, 0.1) is 0 Å². The molecule has 0 amide bonds. The second-order valence-corrected chi connectivity index (χ2v) is 7.96. The smallest absolute Gasteiger partial charge is 0.138 e. The number of aromatic nitrogens is 3. The summed E-state index contributed by atoms with van der Waals surface area (Å²) in [5, 5.41) is 8.07. The van der Waals surface area contributed by atoms with Crippen molar-refractivity contribution in [2.45, 2.75) is 64.3 Å². The van der Waals surface area contributed by atoms with Gasteiger partial charge in [0, 0.05) is 23.8 Å². The van der Waals surface area contributed by atoms with Crippen LogP contribution in [0.1, 0.15) is 46.4 Å². The lowest BCUT2D eigenvalue weighted by Gasteiger charge is -2.33. The molecular formula is C15H28N4S. The van der Waals surface area contributed by atoms with Crippen LogP contribution in [-0.4, -0.2) is 37.9 Å². The molecule has 20 heavy (non-hydrogen) atoms. The highest BCUT2D eigenvalue weighted by Crippen LogP contribution is 2.41. The Morgan fingerprint density at radius 1 is 1.50 bits per heavy atom. The lowest BCUT2D eigenvalue weighted by atomic mass is 9.93. The van der Waals surface area contributed by atoms with Gasteiger partial charge in [-0.25, -0.2) is 9.67 Å². The van der Waals surface area contributed by atoms with E-state index in [1.807, 2.05) is 0 Å². The molecule has 0 radical (unpaired) electrons. The number of likely N-dealkylation sites (N-methyl/N-ethyl adjacent to an activating group) is 1. The zero-order valence-corrected chi connectivity index (χ0v) is 14.0. The monoisotopic (exact) mass is 296 g/mol. The van der Waals surface area contributed by atoms with Crippen molar-refractivity contribution in [1.82, 2.24) is 20.1 Å². The summed E-state index contributed by atoms with van der Waals surface area (Å²) < 4.78 is 2.42. The van der Waals surface area contributed by atoms with Gasteiger partial charge in [-0.05, 0) is 38.0 Å². The molecule has 1 aliphatic rings. The van der Waals surface area contributed by atoms with E-state index in [2.05, 4.69) is 59.5 Å². The van der Waals surface area contributed by atoms with E-state index in [9.17, 15) is 0 Å². The average molecular weight is 296 g/mol. The summed E-state index contributed by atoms with van der Waals surface area (Å²) in [6.45, 7) is 11.0. The van der Waals surface area contributed by atoms with Gasteiger partial charge in [0.15, 0.2) is 0 Å². The fourth-order valence-corrected chi connectivity index (χ4v) is 4.36. The molecule has 2 atom stereocenters. The SMILES string of the molecule is CCNC(Cc1ncnn1CC(C)C)C1(C)CCCS1. The summed E-state index contributed by atoms with van der Waals surface area (Å²) >= 11 is 2.11. The van der Waals surface area contributed by atoms with Gasteiger partial charge in [-0.3, -0.25) is 0 Å². The number of nitrogens with zero attached hydrogens (tertiary/aromatic N) is 3. The van der Waals surface area contributed by atoms with E-state index in [4.69, 9.17) is 0 Å². The fourth-order valence-electron chi connectivity index (χ4n) is 2.95. The molecule has 2 rings (SSSR count). The Balaban J connectivity index is 2.10. The van der Waals surface area contributed by atoms with Crippen molar-refractivity contribution < 1.29 is 0 Å². The minimum absolute atomic E-state index is 0.338. The molecular weight excluding hydrogens is 268 g/mol. The average Bonchev–Trinajstić information content (AvgIpc) is 2.99. The van der Waals surface area contributed by atoms with Crippen LogP contribution in [0.25, 0.3) is 0 Å². The molecule has 0 aromatic carbocycles. The predicted octanol–water partition coefficient (Wildman–Crippen LogP) is 2.74. The van der Waals surface area contributed by atoms with E-state index in [-0.39, 0.29) is 0 Å². The summed E-state index contributed by atoms with van der Waals surface area (Å²) in [5.74, 6) is 3.01. The van der Waals surface area contributed by atoms with Gasteiger partial charge in [0.2, 0.25) is 0 Å². The highest BCUT2D eigenvalue weighted by atomic mass is 32.2. The van der Waals surface area contributed by atoms with Crippen LogP contribution < -0.4 is 5.32 Å². The van der Waals surface area contributed by atoms with Crippen LogP contribution in [0.2, 0.25) is 0 Å². The standard InChI is InChI=1S/C15H28N4S/c1-5-16-13(15(4)7-6-8-20-15)9-14-17-11-18-19(14)10-12(2)3/h11-13,16H,5-10H2,1-4H3. The van der Waals surface area contributed by atoms with Crippen molar-refractivity contribution in [1.29, 1.82) is 0 Å². The first-order valence-electron chi connectivity index (χ1n) is 7.79. The van der Waals surface area contributed by atoms with E-state index < -0.39 is 0 Å². The van der Waals surface area contributed by atoms with E-state index in [1.165, 1.54) is 18.6 Å². The normalized spacial score (nSPS) is 24.4. The van der Waals surface area contributed by atoms with Crippen LogP contribution in [0.3, 0.4) is 0 Å². The second kappa shape index (κ2) is 6.94. The molecule has 0 aliphatic carbocycles. The van der Waals surface area contributed by atoms with E-state index >= 15 is 0 Å². The molecule has 1 aromatic rings. The third-order valence-electron chi connectivity index (χ3n) is 4.06. The fraction of sp³-hybridized carbons (Fsp3) is 0.867. The Hall–Kier alpha value is -0.550. The van der Waals surface area contributed by atoms with Gasteiger partial charge in [-0.15, -0.1) is 0 Å². The predicted molar refractivity (Wildman–Crippen MR) is 86.1 cm³/mol. The topological polar surface area (TPSA) is 42.7 Å². The summed E-state index contributed by atoms with van der Waals surface area (Å²) in [7, 11) is 0. The van der Waals surface area contributed by atoms with Gasteiger partial charge in [0.25, 0.3) is 0 Å². The van der Waals surface area contributed by atoms with E-state index in [0.717, 1.165) is 25.3 Å². The van der Waals surface area contributed by atoms with Gasteiger partial charge >= 0.3 is 0 Å². The van der Waals surface area contributed by atoms with Crippen LogP contribution in [0.15, 0.2) is 6.33 Å². The maximum Gasteiger partial charge on any atom is 0.138 e. The number of thioether (sulfide) groups is 1. The maximum absolute atomic E-state index is 4.50. The van der Waals surface area contributed by atoms with Crippen molar-refractivity contribution in [3.05, 3.63) is 12.2 Å². The minimum atomic E-state index is 0.338. The van der Waals surface area contributed by atoms with E-state index in [1.54, 1.807) is 6.33 Å². The second-order valence-electron chi connectivity index (χ2n) is 6.33. The molecule has 2 unspecified atom stereocenters. The minimum Gasteiger partial charge on any atom is -0.312 e. The van der Waals surface area contributed by atoms with Crippen molar-refractivity contribution in [3.63, 3.8) is 0 Å². The Kier molecular flexibility index (Phi) is 5.49. The molecule has 4 nitrogen and oxygen atoms in total. The number of hydrogen-bond donors (Lipinski definition) is 1. The van der Waals surface area contributed by atoms with Crippen molar-refractivity contribution in [2.24, 2.45) is 5.92 Å². The van der Waals surface area contributed by atoms with E-state index in [0.29, 0.717) is 16.7 Å². The molecule has 0 bridgehead atoms. The van der Waals surface area contributed by atoms with Crippen molar-refractivity contribution >= 4 is 11.8 Å². The van der Waals surface area contributed by atoms with Crippen molar-refractivity contribution in [3.8, 4) is 0 Å². The lowest BCUT2D eigenvalue weighted by Crippen LogP contribution is -2.47. The maximum atomic E-state index is 4.50. The molecule has 0 saturated carbocycles. The van der Waals surface area contributed by atoms with Crippen LogP contribution >= 0.6 is 11.8 Å². The Labute approximate surface area is 127 Å². The van der Waals surface area contributed by atoms with Gasteiger partial charge in [-0.2, -0.15) is 16.9 Å². The molecule has 114 valence electrons. The lowest BCUT2D eigenvalue weighted by molar-refractivity contribution is 0.384. The molecule has 1 fully saturated rings. The summed E-state index contributed by atoms with van der Waals surface area (Å²) in [4.78, 5) is 4.50. The molecule has 1 saturated heterocycles. The summed E-state index contributed by atoms with van der Waals surface area (Å²) in [6.07, 6.45) is 5.31. The third kappa shape index (κ3) is 3.76. The zero-order valence-electron chi connectivity index (χ0n) is 13.2. The summed E-state index contributed by atoms with van der Waals surface area (Å²) in [5.41, 5.74) is 0. The number of nitrogens with one attached hydrogen (secondary N) is 1. The van der Waals surface area contributed by atoms with Gasteiger partial charge in [0.1, 0.15) is 12.2 Å². The Morgan fingerprint density at radius 2 is 2.30 bits per heavy atom. The summed E-state index contributed by atoms with van der Waals surface area (Å²) in [6, 6.07) is 0.482. The first kappa shape index (κ1) is 15.8. The number of hydrogen-bond acceptors (Lipinski definition) is 4. The van der Waals surface area contributed by atoms with Gasteiger partial charge < -0.3 is 5.32 Å². The quantitative estimate of drug-likeness (QED) is 0.840. The third-order valence-corrected chi connectivity index (χ3v) is 5.70. The van der Waals surface area contributed by atoms with Crippen LogP contribution in [0.5, 0.6) is 0 Å².